The van der Waals surface area contributed by atoms with E-state index in [4.69, 9.17) is 9.84 Å². The van der Waals surface area contributed by atoms with Gasteiger partial charge in [0.05, 0.1) is 11.7 Å². The normalized spacial score (nSPS) is 22.8. The lowest BCUT2D eigenvalue weighted by molar-refractivity contribution is -0.124. The molecule has 19 heavy (non-hydrogen) atoms. The van der Waals surface area contributed by atoms with Crippen LogP contribution in [0.5, 0.6) is 0 Å². The number of aromatic carboxylic acids is 1. The number of hydrogen-bond acceptors (Lipinski definition) is 3. The van der Waals surface area contributed by atoms with E-state index < -0.39 is 5.97 Å². The SMILES string of the molecule is CC1CC(C(=O)Nc2cccc(C(=O)O)c2)CCO1. The van der Waals surface area contributed by atoms with E-state index in [-0.39, 0.29) is 23.5 Å². The Morgan fingerprint density at radius 3 is 2.89 bits per heavy atom. The van der Waals surface area contributed by atoms with Gasteiger partial charge in [-0.25, -0.2) is 4.79 Å². The molecule has 102 valence electrons. The maximum atomic E-state index is 12.1. The van der Waals surface area contributed by atoms with Gasteiger partial charge >= 0.3 is 5.97 Å². The lowest BCUT2D eigenvalue weighted by Gasteiger charge is -2.26. The number of rotatable bonds is 3. The quantitative estimate of drug-likeness (QED) is 0.876. The largest absolute Gasteiger partial charge is 0.478 e. The van der Waals surface area contributed by atoms with E-state index >= 15 is 0 Å². The lowest BCUT2D eigenvalue weighted by Crippen LogP contribution is -2.32. The molecule has 0 spiro atoms. The highest BCUT2D eigenvalue weighted by atomic mass is 16.5. The zero-order valence-corrected chi connectivity index (χ0v) is 10.8. The monoisotopic (exact) mass is 263 g/mol. The lowest BCUT2D eigenvalue weighted by atomic mass is 9.95. The van der Waals surface area contributed by atoms with Crippen LogP contribution in [0, 0.1) is 5.92 Å². The molecule has 0 radical (unpaired) electrons. The van der Waals surface area contributed by atoms with Gasteiger partial charge in [0.25, 0.3) is 0 Å². The van der Waals surface area contributed by atoms with Crippen molar-refractivity contribution in [3.8, 4) is 0 Å². The Morgan fingerprint density at radius 2 is 2.21 bits per heavy atom. The number of carbonyl (C=O) groups excluding carboxylic acids is 1. The number of amides is 1. The molecule has 1 saturated heterocycles. The Morgan fingerprint density at radius 1 is 1.42 bits per heavy atom. The Hall–Kier alpha value is -1.88. The van der Waals surface area contributed by atoms with Gasteiger partial charge in [0, 0.05) is 18.2 Å². The number of nitrogens with one attached hydrogen (secondary N) is 1. The van der Waals surface area contributed by atoms with Crippen molar-refractivity contribution in [2.75, 3.05) is 11.9 Å². The minimum absolute atomic E-state index is 0.0716. The summed E-state index contributed by atoms with van der Waals surface area (Å²) < 4.78 is 5.40. The first-order chi connectivity index (χ1) is 9.06. The van der Waals surface area contributed by atoms with E-state index in [1.165, 1.54) is 12.1 Å². The number of carboxylic acids is 1. The molecule has 1 aliphatic rings. The average Bonchev–Trinajstić information content (AvgIpc) is 2.39. The van der Waals surface area contributed by atoms with Crippen LogP contribution in [0.3, 0.4) is 0 Å². The molecule has 1 aliphatic heterocycles. The molecule has 1 amide bonds. The van der Waals surface area contributed by atoms with Crippen molar-refractivity contribution in [3.05, 3.63) is 29.8 Å². The fraction of sp³-hybridized carbons (Fsp3) is 0.429. The molecule has 5 nitrogen and oxygen atoms in total. The topological polar surface area (TPSA) is 75.6 Å². The maximum Gasteiger partial charge on any atom is 0.335 e. The number of carbonyl (C=O) groups is 2. The Labute approximate surface area is 111 Å². The fourth-order valence-corrected chi connectivity index (χ4v) is 2.21. The first kappa shape index (κ1) is 13.5. The number of benzene rings is 1. The van der Waals surface area contributed by atoms with Crippen molar-refractivity contribution in [2.45, 2.75) is 25.9 Å². The van der Waals surface area contributed by atoms with Crippen LogP contribution in [0.15, 0.2) is 24.3 Å². The highest BCUT2D eigenvalue weighted by molar-refractivity contribution is 5.95. The van der Waals surface area contributed by atoms with E-state index in [0.717, 1.165) is 0 Å². The predicted octanol–water partition coefficient (Wildman–Crippen LogP) is 2.14. The number of ether oxygens (including phenoxy) is 1. The van der Waals surface area contributed by atoms with Gasteiger partial charge in [-0.05, 0) is 38.0 Å². The third kappa shape index (κ3) is 3.54. The summed E-state index contributed by atoms with van der Waals surface area (Å²) in [6.07, 6.45) is 1.49. The molecule has 2 unspecified atom stereocenters. The van der Waals surface area contributed by atoms with Crippen molar-refractivity contribution in [2.24, 2.45) is 5.92 Å². The maximum absolute atomic E-state index is 12.1. The molecular formula is C14H17NO4. The van der Waals surface area contributed by atoms with Gasteiger partial charge in [0.1, 0.15) is 0 Å². The zero-order valence-electron chi connectivity index (χ0n) is 10.8. The van der Waals surface area contributed by atoms with Crippen LogP contribution in [0.1, 0.15) is 30.1 Å². The van der Waals surface area contributed by atoms with Gasteiger partial charge in [0.2, 0.25) is 5.91 Å². The first-order valence-electron chi connectivity index (χ1n) is 6.32. The van der Waals surface area contributed by atoms with E-state index in [1.54, 1.807) is 12.1 Å². The molecule has 1 aromatic carbocycles. The summed E-state index contributed by atoms with van der Waals surface area (Å²) in [5, 5.41) is 11.7. The minimum atomic E-state index is -1.00. The van der Waals surface area contributed by atoms with Crippen molar-refractivity contribution in [3.63, 3.8) is 0 Å². The van der Waals surface area contributed by atoms with Crippen LogP contribution in [0.4, 0.5) is 5.69 Å². The molecule has 2 atom stereocenters. The molecule has 2 rings (SSSR count). The van der Waals surface area contributed by atoms with E-state index in [1.807, 2.05) is 6.92 Å². The Bertz CT molecular complexity index is 486. The molecule has 0 aromatic heterocycles. The molecule has 2 N–H and O–H groups in total. The van der Waals surface area contributed by atoms with E-state index in [2.05, 4.69) is 5.32 Å². The Kier molecular flexibility index (Phi) is 4.16. The van der Waals surface area contributed by atoms with Crippen LogP contribution < -0.4 is 5.32 Å². The number of hydrogen-bond donors (Lipinski definition) is 2. The fourth-order valence-electron chi connectivity index (χ4n) is 2.21. The smallest absolute Gasteiger partial charge is 0.335 e. The molecule has 1 fully saturated rings. The second-order valence-electron chi connectivity index (χ2n) is 4.78. The van der Waals surface area contributed by atoms with Crippen LogP contribution in [0.25, 0.3) is 0 Å². The minimum Gasteiger partial charge on any atom is -0.478 e. The van der Waals surface area contributed by atoms with Gasteiger partial charge in [-0.3, -0.25) is 4.79 Å². The number of anilines is 1. The molecule has 0 aliphatic carbocycles. The highest BCUT2D eigenvalue weighted by Gasteiger charge is 2.25. The first-order valence-corrected chi connectivity index (χ1v) is 6.32. The molecule has 1 aromatic rings. The second kappa shape index (κ2) is 5.84. The number of carboxylic acid groups (broad SMARTS) is 1. The van der Waals surface area contributed by atoms with E-state index in [9.17, 15) is 9.59 Å². The Balaban J connectivity index is 2.02. The molecule has 0 bridgehead atoms. The van der Waals surface area contributed by atoms with Crippen molar-refractivity contribution < 1.29 is 19.4 Å². The van der Waals surface area contributed by atoms with E-state index in [0.29, 0.717) is 25.1 Å². The summed E-state index contributed by atoms with van der Waals surface area (Å²) in [6.45, 7) is 2.54. The van der Waals surface area contributed by atoms with Crippen molar-refractivity contribution >= 4 is 17.6 Å². The van der Waals surface area contributed by atoms with Crippen LogP contribution in [-0.4, -0.2) is 29.7 Å². The van der Waals surface area contributed by atoms with Gasteiger partial charge in [-0.2, -0.15) is 0 Å². The van der Waals surface area contributed by atoms with Gasteiger partial charge in [-0.1, -0.05) is 6.07 Å². The summed E-state index contributed by atoms with van der Waals surface area (Å²) in [4.78, 5) is 22.9. The zero-order chi connectivity index (χ0) is 13.8. The van der Waals surface area contributed by atoms with Gasteiger partial charge in [-0.15, -0.1) is 0 Å². The third-order valence-electron chi connectivity index (χ3n) is 3.23. The summed E-state index contributed by atoms with van der Waals surface area (Å²) in [5.41, 5.74) is 0.683. The summed E-state index contributed by atoms with van der Waals surface area (Å²) in [6, 6.07) is 6.26. The summed E-state index contributed by atoms with van der Waals surface area (Å²) >= 11 is 0. The average molecular weight is 263 g/mol. The highest BCUT2D eigenvalue weighted by Crippen LogP contribution is 2.22. The summed E-state index contributed by atoms with van der Waals surface area (Å²) in [7, 11) is 0. The molecule has 1 heterocycles. The summed E-state index contributed by atoms with van der Waals surface area (Å²) in [5.74, 6) is -1.15. The van der Waals surface area contributed by atoms with Crippen LogP contribution in [0.2, 0.25) is 0 Å². The second-order valence-corrected chi connectivity index (χ2v) is 4.78. The molecule has 5 heteroatoms. The third-order valence-corrected chi connectivity index (χ3v) is 3.23. The van der Waals surface area contributed by atoms with Gasteiger partial charge < -0.3 is 15.2 Å². The predicted molar refractivity (Wildman–Crippen MR) is 70.2 cm³/mol. The standard InChI is InChI=1S/C14H17NO4/c1-9-7-10(5-6-19-9)13(16)15-12-4-2-3-11(8-12)14(17)18/h2-4,8-10H,5-7H2,1H3,(H,15,16)(H,17,18). The molecule has 0 saturated carbocycles. The van der Waals surface area contributed by atoms with Crippen molar-refractivity contribution in [1.29, 1.82) is 0 Å². The van der Waals surface area contributed by atoms with Crippen molar-refractivity contribution in [1.82, 2.24) is 0 Å². The van der Waals surface area contributed by atoms with Crippen LogP contribution in [-0.2, 0) is 9.53 Å². The van der Waals surface area contributed by atoms with Gasteiger partial charge in [0.15, 0.2) is 0 Å². The van der Waals surface area contributed by atoms with Crippen LogP contribution >= 0.6 is 0 Å². The molecular weight excluding hydrogens is 246 g/mol.